The van der Waals surface area contributed by atoms with Gasteiger partial charge in [0.1, 0.15) is 21.5 Å². The van der Waals surface area contributed by atoms with Crippen LogP contribution in [0.2, 0.25) is 0 Å². The van der Waals surface area contributed by atoms with Crippen LogP contribution in [0.5, 0.6) is 0 Å². The maximum Gasteiger partial charge on any atom is 0.150 e. The van der Waals surface area contributed by atoms with Gasteiger partial charge in [-0.2, -0.15) is 0 Å². The predicted molar refractivity (Wildman–Crippen MR) is 85.5 cm³/mol. The van der Waals surface area contributed by atoms with Gasteiger partial charge < -0.3 is 5.32 Å². The molecule has 1 aliphatic heterocycles. The van der Waals surface area contributed by atoms with Crippen molar-refractivity contribution in [1.82, 2.24) is 9.97 Å². The Labute approximate surface area is 127 Å². The fourth-order valence-electron chi connectivity index (χ4n) is 2.36. The highest BCUT2D eigenvalue weighted by Crippen LogP contribution is 2.22. The summed E-state index contributed by atoms with van der Waals surface area (Å²) in [6.07, 6.45) is 1.31. The van der Waals surface area contributed by atoms with Gasteiger partial charge in [0.2, 0.25) is 0 Å². The second-order valence-electron chi connectivity index (χ2n) is 6.42. The standard InChI is InChI=1S/C15H25N3O2S/c1-10(2)13-9-14(18-15(17-13)11(3)4)16-12-5-7-21(19,20)8-6-12/h9-12H,5-8H2,1-4H3,(H,16,17,18). The molecule has 0 aromatic carbocycles. The van der Waals surface area contributed by atoms with Crippen molar-refractivity contribution in [3.8, 4) is 0 Å². The smallest absolute Gasteiger partial charge is 0.150 e. The van der Waals surface area contributed by atoms with Gasteiger partial charge in [-0.15, -0.1) is 0 Å². The van der Waals surface area contributed by atoms with Crippen LogP contribution in [0.25, 0.3) is 0 Å². The Morgan fingerprint density at radius 3 is 2.24 bits per heavy atom. The van der Waals surface area contributed by atoms with Gasteiger partial charge in [0.05, 0.1) is 11.5 Å². The van der Waals surface area contributed by atoms with Gasteiger partial charge >= 0.3 is 0 Å². The Hall–Kier alpha value is -1.17. The van der Waals surface area contributed by atoms with E-state index in [0.29, 0.717) is 18.8 Å². The third-order valence-electron chi connectivity index (χ3n) is 3.78. The monoisotopic (exact) mass is 311 g/mol. The molecule has 5 nitrogen and oxygen atoms in total. The van der Waals surface area contributed by atoms with Crippen LogP contribution in [0.3, 0.4) is 0 Å². The van der Waals surface area contributed by atoms with E-state index in [4.69, 9.17) is 0 Å². The molecular formula is C15H25N3O2S. The van der Waals surface area contributed by atoms with Crippen LogP contribution in [-0.4, -0.2) is 35.9 Å². The van der Waals surface area contributed by atoms with E-state index in [0.717, 1.165) is 17.3 Å². The molecule has 1 aromatic rings. The molecule has 0 radical (unpaired) electrons. The summed E-state index contributed by atoms with van der Waals surface area (Å²) in [5.74, 6) is 2.82. The number of nitrogens with zero attached hydrogens (tertiary/aromatic N) is 2. The summed E-state index contributed by atoms with van der Waals surface area (Å²) >= 11 is 0. The van der Waals surface area contributed by atoms with Crippen molar-refractivity contribution >= 4 is 15.7 Å². The first-order valence-electron chi connectivity index (χ1n) is 7.62. The lowest BCUT2D eigenvalue weighted by molar-refractivity contribution is 0.558. The summed E-state index contributed by atoms with van der Waals surface area (Å²) in [5, 5.41) is 3.39. The summed E-state index contributed by atoms with van der Waals surface area (Å²) < 4.78 is 23.0. The molecule has 1 saturated heterocycles. The lowest BCUT2D eigenvalue weighted by atomic mass is 10.1. The average Bonchev–Trinajstić information content (AvgIpc) is 2.41. The van der Waals surface area contributed by atoms with Gasteiger partial charge in [0, 0.05) is 23.7 Å². The number of aromatic nitrogens is 2. The largest absolute Gasteiger partial charge is 0.367 e. The van der Waals surface area contributed by atoms with E-state index >= 15 is 0 Å². The fraction of sp³-hybridized carbons (Fsp3) is 0.733. The van der Waals surface area contributed by atoms with Crippen molar-refractivity contribution in [2.24, 2.45) is 0 Å². The Morgan fingerprint density at radius 2 is 1.71 bits per heavy atom. The average molecular weight is 311 g/mol. The van der Waals surface area contributed by atoms with E-state index in [1.807, 2.05) is 6.07 Å². The highest BCUT2D eigenvalue weighted by atomic mass is 32.2. The number of hydrogen-bond donors (Lipinski definition) is 1. The molecule has 0 spiro atoms. The molecule has 0 unspecified atom stereocenters. The lowest BCUT2D eigenvalue weighted by Crippen LogP contribution is -2.32. The van der Waals surface area contributed by atoms with Crippen molar-refractivity contribution < 1.29 is 8.42 Å². The topological polar surface area (TPSA) is 72.0 Å². The molecule has 1 aromatic heterocycles. The normalized spacial score (nSPS) is 19.1. The van der Waals surface area contributed by atoms with E-state index in [1.54, 1.807) is 0 Å². The van der Waals surface area contributed by atoms with Crippen molar-refractivity contribution in [2.45, 2.75) is 58.4 Å². The molecule has 1 fully saturated rings. The molecule has 118 valence electrons. The summed E-state index contributed by atoms with van der Waals surface area (Å²) in [5.41, 5.74) is 1.03. The molecule has 0 amide bonds. The highest BCUT2D eigenvalue weighted by molar-refractivity contribution is 7.91. The third-order valence-corrected chi connectivity index (χ3v) is 5.49. The van der Waals surface area contributed by atoms with Crippen LogP contribution in [0.1, 0.15) is 63.9 Å². The predicted octanol–water partition coefficient (Wildman–Crippen LogP) is 2.71. The summed E-state index contributed by atoms with van der Waals surface area (Å²) in [6, 6.07) is 2.17. The van der Waals surface area contributed by atoms with Crippen LogP contribution in [0, 0.1) is 0 Å². The number of anilines is 1. The van der Waals surface area contributed by atoms with Gasteiger partial charge in [0.15, 0.2) is 0 Å². The second kappa shape index (κ2) is 6.30. The minimum absolute atomic E-state index is 0.184. The van der Waals surface area contributed by atoms with Crippen LogP contribution in [0.15, 0.2) is 6.07 Å². The number of nitrogens with one attached hydrogen (secondary N) is 1. The van der Waals surface area contributed by atoms with Gasteiger partial charge in [-0.1, -0.05) is 27.7 Å². The molecular weight excluding hydrogens is 286 g/mol. The molecule has 0 atom stereocenters. The summed E-state index contributed by atoms with van der Waals surface area (Å²) in [4.78, 5) is 9.18. The van der Waals surface area contributed by atoms with E-state index in [1.165, 1.54) is 0 Å². The molecule has 0 saturated carbocycles. The quantitative estimate of drug-likeness (QED) is 0.925. The summed E-state index contributed by atoms with van der Waals surface area (Å²) in [6.45, 7) is 8.39. The molecule has 2 heterocycles. The van der Waals surface area contributed by atoms with Gasteiger partial charge in [-0.25, -0.2) is 18.4 Å². The van der Waals surface area contributed by atoms with Gasteiger partial charge in [-0.05, 0) is 18.8 Å². The molecule has 6 heteroatoms. The first-order chi connectivity index (χ1) is 9.77. The zero-order valence-corrected chi connectivity index (χ0v) is 14.1. The van der Waals surface area contributed by atoms with Crippen LogP contribution < -0.4 is 5.32 Å². The second-order valence-corrected chi connectivity index (χ2v) is 8.72. The van der Waals surface area contributed by atoms with Crippen LogP contribution >= 0.6 is 0 Å². The number of hydrogen-bond acceptors (Lipinski definition) is 5. The minimum atomic E-state index is -2.82. The molecule has 0 bridgehead atoms. The first kappa shape index (κ1) is 16.2. The molecule has 0 aliphatic carbocycles. The highest BCUT2D eigenvalue weighted by Gasteiger charge is 2.24. The Kier molecular flexibility index (Phi) is 4.86. The van der Waals surface area contributed by atoms with Gasteiger partial charge in [-0.3, -0.25) is 0 Å². The molecule has 2 rings (SSSR count). The molecule has 1 aliphatic rings. The van der Waals surface area contributed by atoms with E-state index in [2.05, 4.69) is 43.0 Å². The zero-order valence-electron chi connectivity index (χ0n) is 13.3. The molecule has 21 heavy (non-hydrogen) atoms. The summed E-state index contributed by atoms with van der Waals surface area (Å²) in [7, 11) is -2.82. The number of rotatable bonds is 4. The maximum atomic E-state index is 11.5. The van der Waals surface area contributed by atoms with Crippen molar-refractivity contribution in [3.05, 3.63) is 17.6 Å². The van der Waals surface area contributed by atoms with Crippen molar-refractivity contribution in [1.29, 1.82) is 0 Å². The molecule has 1 N–H and O–H groups in total. The Morgan fingerprint density at radius 1 is 1.10 bits per heavy atom. The maximum absolute atomic E-state index is 11.5. The third kappa shape index (κ3) is 4.40. The first-order valence-corrected chi connectivity index (χ1v) is 9.45. The minimum Gasteiger partial charge on any atom is -0.367 e. The van der Waals surface area contributed by atoms with E-state index in [9.17, 15) is 8.42 Å². The lowest BCUT2D eigenvalue weighted by Gasteiger charge is -2.24. The zero-order chi connectivity index (χ0) is 15.6. The van der Waals surface area contributed by atoms with E-state index in [-0.39, 0.29) is 23.5 Å². The SMILES string of the molecule is CC(C)c1cc(NC2CCS(=O)(=O)CC2)nc(C(C)C)n1. The fourth-order valence-corrected chi connectivity index (χ4v) is 3.85. The Bertz CT molecular complexity index is 557. The van der Waals surface area contributed by atoms with Crippen LogP contribution in [0.4, 0.5) is 5.82 Å². The van der Waals surface area contributed by atoms with Crippen molar-refractivity contribution in [3.63, 3.8) is 0 Å². The van der Waals surface area contributed by atoms with E-state index < -0.39 is 9.84 Å². The number of sulfone groups is 1. The Balaban J connectivity index is 2.16. The van der Waals surface area contributed by atoms with Crippen molar-refractivity contribution in [2.75, 3.05) is 16.8 Å². The van der Waals surface area contributed by atoms with Crippen LogP contribution in [-0.2, 0) is 9.84 Å². The van der Waals surface area contributed by atoms with Gasteiger partial charge in [0.25, 0.3) is 0 Å².